The van der Waals surface area contributed by atoms with Gasteiger partial charge in [-0.1, -0.05) is 18.2 Å². The molecular formula is C31H21B5F3N3O5S. The van der Waals surface area contributed by atoms with E-state index in [0.717, 1.165) is 11.6 Å². The normalized spacial score (nSPS) is 15.5. The maximum Gasteiger partial charge on any atom is 0.305 e. The number of para-hydroxylation sites is 1. The smallest absolute Gasteiger partial charge is 0.305 e. The van der Waals surface area contributed by atoms with Crippen molar-refractivity contribution in [3.63, 3.8) is 0 Å². The second-order valence-electron chi connectivity index (χ2n) is 11.5. The summed E-state index contributed by atoms with van der Waals surface area (Å²) in [4.78, 5) is 21.8. The van der Waals surface area contributed by atoms with E-state index in [9.17, 15) is 19.4 Å². The topological polar surface area (TPSA) is 120 Å². The summed E-state index contributed by atoms with van der Waals surface area (Å²) in [6.07, 6.45) is 3.33. The molecular weight excluding hydrogens is 637 g/mol. The summed E-state index contributed by atoms with van der Waals surface area (Å²) in [6.45, 7) is 0.284. The highest BCUT2D eigenvalue weighted by atomic mass is 32.2. The monoisotopic (exact) mass is 659 g/mol. The van der Waals surface area contributed by atoms with Crippen LogP contribution in [0.2, 0.25) is 5.11 Å². The average molecular weight is 659 g/mol. The van der Waals surface area contributed by atoms with Crippen LogP contribution in [0.25, 0.3) is 22.3 Å². The number of thioether (sulfide) groups is 1. The maximum atomic E-state index is 15.3. The van der Waals surface area contributed by atoms with Gasteiger partial charge in [0.05, 0.1) is 46.1 Å². The first-order valence-corrected chi connectivity index (χ1v) is 15.3. The molecule has 0 spiro atoms. The van der Waals surface area contributed by atoms with Gasteiger partial charge in [-0.25, -0.2) is 13.8 Å². The number of aromatic nitrogens is 3. The van der Waals surface area contributed by atoms with Crippen LogP contribution in [0.1, 0.15) is 29.2 Å². The Bertz CT molecular complexity index is 2030. The molecule has 2 atom stereocenters. The predicted molar refractivity (Wildman–Crippen MR) is 178 cm³/mol. The first kappa shape index (κ1) is 33.8. The lowest BCUT2D eigenvalue weighted by atomic mass is 9.37. The van der Waals surface area contributed by atoms with Gasteiger partial charge < -0.3 is 29.7 Å². The number of fused-ring (bicyclic) bond motifs is 2. The van der Waals surface area contributed by atoms with E-state index >= 15 is 8.78 Å². The van der Waals surface area contributed by atoms with E-state index in [1.807, 2.05) is 6.07 Å². The van der Waals surface area contributed by atoms with Crippen molar-refractivity contribution in [3.8, 4) is 28.6 Å². The number of aliphatic carboxylic acids is 1. The molecule has 0 aliphatic carbocycles. The van der Waals surface area contributed by atoms with Crippen LogP contribution < -0.4 is 9.47 Å². The molecule has 2 unspecified atom stereocenters. The van der Waals surface area contributed by atoms with Crippen molar-refractivity contribution < 1.29 is 37.7 Å². The minimum atomic E-state index is -2.36. The number of nitrogens with zero attached hydrogens (tertiary/aromatic N) is 1. The van der Waals surface area contributed by atoms with Crippen molar-refractivity contribution >= 4 is 67.9 Å². The Labute approximate surface area is 283 Å². The summed E-state index contributed by atoms with van der Waals surface area (Å²) in [5.74, 6) is -6.29. The number of imidazole rings is 1. The van der Waals surface area contributed by atoms with E-state index in [1.165, 1.54) is 30.6 Å². The zero-order chi connectivity index (χ0) is 34.5. The Morgan fingerprint density at radius 3 is 2.60 bits per heavy atom. The van der Waals surface area contributed by atoms with Crippen molar-refractivity contribution in [1.82, 2.24) is 15.0 Å². The minimum absolute atomic E-state index is 0.0405. The highest BCUT2D eigenvalue weighted by Gasteiger charge is 2.33. The molecule has 8 nitrogen and oxygen atoms in total. The quantitative estimate of drug-likeness (QED) is 0.0989. The first-order chi connectivity index (χ1) is 22.6. The lowest BCUT2D eigenvalue weighted by molar-refractivity contribution is -0.141. The number of aliphatic hydroxyl groups is 1. The molecule has 10 radical (unpaired) electrons. The molecule has 3 heterocycles. The van der Waals surface area contributed by atoms with E-state index in [1.54, 1.807) is 12.1 Å². The third-order valence-corrected chi connectivity index (χ3v) is 8.88. The van der Waals surface area contributed by atoms with E-state index < -0.39 is 44.9 Å². The number of carboxylic acid groups (broad SMARTS) is 1. The number of nitrogens with one attached hydrogen (secondary N) is 2. The summed E-state index contributed by atoms with van der Waals surface area (Å²) in [7, 11) is 28.3. The molecule has 0 saturated carbocycles. The lowest BCUT2D eigenvalue weighted by Crippen LogP contribution is -2.33. The Hall–Kier alpha value is -4.10. The fourth-order valence-electron chi connectivity index (χ4n) is 5.72. The number of ether oxygens (including phenoxy) is 2. The summed E-state index contributed by atoms with van der Waals surface area (Å²) in [6, 6.07) is 10.2. The number of hydrogen-bond donors (Lipinski definition) is 4. The fraction of sp³-hybridized carbons (Fsp3) is 0.226. The highest BCUT2D eigenvalue weighted by molar-refractivity contribution is 8.03. The molecule has 0 bridgehead atoms. The SMILES string of the molecule is [B]C([B])(O)Sc1c(Oc2ccc(F)c(-c3ncc(C4CCOc5c(CC(C(=O)O)C([B])([B])[B])cccc54)[nH]3)c2)c(F)c(F)c2[nH]ccc12. The fourth-order valence-corrected chi connectivity index (χ4v) is 6.55. The molecule has 6 rings (SSSR count). The Balaban J connectivity index is 1.33. The minimum Gasteiger partial charge on any atom is -0.493 e. The molecule has 17 heteroatoms. The van der Waals surface area contributed by atoms with E-state index in [2.05, 4.69) is 15.0 Å². The van der Waals surface area contributed by atoms with Crippen LogP contribution in [0.4, 0.5) is 13.2 Å². The standard InChI is InChI=1S/C31H21B5F3N3O5S/c32-30(33,34)19(29(43)44)10-13-2-1-3-16-15(7-9-46-25(13)16)21-12-41-28(42-21)18-11-14(4-5-20(18)37)47-26-23(39)22(38)24-17(6-8-40-24)27(26)48-31(35,36)45/h1-6,8,11-12,15,19,40,45H,7,9-10H2,(H,41,42)(H,43,44). The first-order valence-electron chi connectivity index (χ1n) is 14.5. The van der Waals surface area contributed by atoms with E-state index in [0.29, 0.717) is 35.2 Å². The van der Waals surface area contributed by atoms with Crippen LogP contribution >= 0.6 is 11.8 Å². The zero-order valence-electron chi connectivity index (χ0n) is 25.0. The number of carbonyl (C=O) groups is 1. The lowest BCUT2D eigenvalue weighted by Gasteiger charge is -2.31. The van der Waals surface area contributed by atoms with Gasteiger partial charge in [0.2, 0.25) is 5.82 Å². The van der Waals surface area contributed by atoms with Crippen molar-refractivity contribution in [2.45, 2.75) is 33.5 Å². The van der Waals surface area contributed by atoms with Gasteiger partial charge in [0, 0.05) is 45.6 Å². The molecule has 48 heavy (non-hydrogen) atoms. The third-order valence-electron chi connectivity index (χ3n) is 7.94. The predicted octanol–water partition coefficient (Wildman–Crippen LogP) is 4.54. The second kappa shape index (κ2) is 12.7. The van der Waals surface area contributed by atoms with Crippen LogP contribution in [0.5, 0.6) is 17.2 Å². The van der Waals surface area contributed by atoms with Crippen molar-refractivity contribution in [1.29, 1.82) is 0 Å². The van der Waals surface area contributed by atoms with E-state index in [-0.39, 0.29) is 51.9 Å². The second-order valence-corrected chi connectivity index (χ2v) is 12.7. The third kappa shape index (κ3) is 6.62. The molecule has 1 aliphatic heterocycles. The highest BCUT2D eigenvalue weighted by Crippen LogP contribution is 2.46. The Morgan fingerprint density at radius 2 is 1.90 bits per heavy atom. The molecule has 232 valence electrons. The number of rotatable bonds is 10. The summed E-state index contributed by atoms with van der Waals surface area (Å²) in [5, 5.41) is 17.9. The van der Waals surface area contributed by atoms with Crippen molar-refractivity contribution in [3.05, 3.63) is 89.1 Å². The van der Waals surface area contributed by atoms with E-state index in [4.69, 9.17) is 48.7 Å². The number of benzene rings is 3. The number of carboxylic acids is 1. The molecule has 3 aromatic carbocycles. The molecule has 5 aromatic rings. The molecule has 1 aliphatic rings. The van der Waals surface area contributed by atoms with Gasteiger partial charge in [-0.05, 0) is 42.7 Å². The van der Waals surface area contributed by atoms with Crippen LogP contribution in [0.15, 0.2) is 59.8 Å². The van der Waals surface area contributed by atoms with Gasteiger partial charge in [-0.3, -0.25) is 4.79 Å². The van der Waals surface area contributed by atoms with Gasteiger partial charge in [-0.15, -0.1) is 16.9 Å². The van der Waals surface area contributed by atoms with Gasteiger partial charge in [0.25, 0.3) is 0 Å². The van der Waals surface area contributed by atoms with Crippen molar-refractivity contribution in [2.24, 2.45) is 5.92 Å². The van der Waals surface area contributed by atoms with Gasteiger partial charge in [0.15, 0.2) is 11.6 Å². The average Bonchev–Trinajstić information content (AvgIpc) is 3.70. The molecule has 0 amide bonds. The Kier molecular flexibility index (Phi) is 8.97. The van der Waals surface area contributed by atoms with Crippen molar-refractivity contribution in [2.75, 3.05) is 6.61 Å². The zero-order valence-corrected chi connectivity index (χ0v) is 25.8. The molecule has 0 fully saturated rings. The molecule has 4 N–H and O–H groups in total. The maximum absolute atomic E-state index is 15.3. The molecule has 0 saturated heterocycles. The van der Waals surface area contributed by atoms with Gasteiger partial charge in [0.1, 0.15) is 38.8 Å². The van der Waals surface area contributed by atoms with Gasteiger partial charge >= 0.3 is 5.97 Å². The summed E-state index contributed by atoms with van der Waals surface area (Å²) < 4.78 is 54.8. The number of halogens is 3. The summed E-state index contributed by atoms with van der Waals surface area (Å²) >= 11 is 0.436. The largest absolute Gasteiger partial charge is 0.493 e. The van der Waals surface area contributed by atoms with Crippen LogP contribution in [-0.2, 0) is 11.2 Å². The number of hydrogen-bond acceptors (Lipinski definition) is 6. The van der Waals surface area contributed by atoms with Gasteiger partial charge in [-0.2, -0.15) is 4.39 Å². The van der Waals surface area contributed by atoms with Crippen LogP contribution in [-0.4, -0.2) is 81.7 Å². The van der Waals surface area contributed by atoms with Crippen LogP contribution in [0, 0.1) is 23.4 Å². The molecule has 2 aromatic heterocycles. The van der Waals surface area contributed by atoms with Crippen LogP contribution in [0.3, 0.4) is 0 Å². The Morgan fingerprint density at radius 1 is 1.12 bits per heavy atom. The summed E-state index contributed by atoms with van der Waals surface area (Å²) in [5.41, 5.74) is 1.65. The number of aromatic amines is 2. The number of H-pyrrole nitrogens is 2.